The number of alkyl halides is 3. The fourth-order valence-corrected chi connectivity index (χ4v) is 3.08. The molecule has 1 aliphatic heterocycles. The number of halogens is 5. The van der Waals surface area contributed by atoms with E-state index in [1.807, 2.05) is 0 Å². The van der Waals surface area contributed by atoms with Gasteiger partial charge in [0, 0.05) is 6.42 Å². The summed E-state index contributed by atoms with van der Waals surface area (Å²) >= 11 is 12.0. The molecule has 2 aromatic rings. The number of nitrogens with zero attached hydrogens (tertiary/aromatic N) is 4. The highest BCUT2D eigenvalue weighted by Crippen LogP contribution is 2.26. The first kappa shape index (κ1) is 21.0. The molecule has 0 aromatic heterocycles. The molecule has 0 saturated heterocycles. The third-order valence-electron chi connectivity index (χ3n) is 4.02. The van der Waals surface area contributed by atoms with Gasteiger partial charge in [0.05, 0.1) is 34.4 Å². The maximum atomic E-state index is 12.6. The Bertz CT molecular complexity index is 1010. The number of hydrogen-bond donors (Lipinski definition) is 1. The maximum absolute atomic E-state index is 12.6. The van der Waals surface area contributed by atoms with Crippen molar-refractivity contribution in [2.45, 2.75) is 19.0 Å². The molecule has 0 unspecified atom stereocenters. The van der Waals surface area contributed by atoms with Crippen LogP contribution in [0.1, 0.15) is 17.5 Å². The Morgan fingerprint density at radius 2 is 2.00 bits per heavy atom. The van der Waals surface area contributed by atoms with Crippen molar-refractivity contribution >= 4 is 40.6 Å². The van der Waals surface area contributed by atoms with Gasteiger partial charge in [-0.2, -0.15) is 23.5 Å². The van der Waals surface area contributed by atoms with Crippen LogP contribution in [0, 0.1) is 11.5 Å². The summed E-state index contributed by atoms with van der Waals surface area (Å²) in [5.41, 5.74) is 1.87. The molecule has 0 fully saturated rings. The van der Waals surface area contributed by atoms with Crippen LogP contribution in [0.2, 0.25) is 10.0 Å². The van der Waals surface area contributed by atoms with Crippen LogP contribution in [0.15, 0.2) is 52.6 Å². The lowest BCUT2D eigenvalue weighted by molar-refractivity contribution is -0.127. The molecule has 2 aromatic carbocycles. The Morgan fingerprint density at radius 1 is 1.21 bits per heavy atom. The number of aliphatic imine (C=N–C) groups is 1. The molecular formula is C19H14Cl2F3N5. The summed E-state index contributed by atoms with van der Waals surface area (Å²) in [7, 11) is 0. The first-order chi connectivity index (χ1) is 13.7. The number of hydrazone groups is 1. The van der Waals surface area contributed by atoms with E-state index in [-0.39, 0.29) is 17.2 Å². The van der Waals surface area contributed by atoms with Crippen molar-refractivity contribution in [2.24, 2.45) is 10.1 Å². The van der Waals surface area contributed by atoms with E-state index in [0.717, 1.165) is 11.3 Å². The van der Waals surface area contributed by atoms with Crippen molar-refractivity contribution in [2.75, 3.05) is 6.54 Å². The Hall–Kier alpha value is -2.76. The molecule has 0 spiro atoms. The van der Waals surface area contributed by atoms with Crippen LogP contribution < -0.4 is 5.32 Å². The molecule has 0 bridgehead atoms. The summed E-state index contributed by atoms with van der Waals surface area (Å²) in [5.74, 6) is 0.117. The number of rotatable bonds is 3. The van der Waals surface area contributed by atoms with Gasteiger partial charge in [0.1, 0.15) is 0 Å². The van der Waals surface area contributed by atoms with Crippen LogP contribution in [0.3, 0.4) is 0 Å². The fraction of sp³-hybridized carbons (Fsp3) is 0.211. The van der Waals surface area contributed by atoms with E-state index in [9.17, 15) is 13.2 Å². The number of hydrogen-bond acceptors (Lipinski definition) is 3. The molecule has 1 N–H and O–H groups in total. The normalized spacial score (nSPS) is 14.6. The molecule has 0 aliphatic carbocycles. The van der Waals surface area contributed by atoms with Gasteiger partial charge in [0.15, 0.2) is 6.19 Å². The van der Waals surface area contributed by atoms with E-state index in [0.29, 0.717) is 23.0 Å². The van der Waals surface area contributed by atoms with Crippen molar-refractivity contribution in [3.05, 3.63) is 63.6 Å². The summed E-state index contributed by atoms with van der Waals surface area (Å²) in [6.07, 6.45) is -3.02. The van der Waals surface area contributed by atoms with Crippen molar-refractivity contribution in [3.8, 4) is 6.19 Å². The minimum atomic E-state index is -4.32. The third kappa shape index (κ3) is 5.62. The molecule has 29 heavy (non-hydrogen) atoms. The monoisotopic (exact) mass is 439 g/mol. The smallest absolute Gasteiger partial charge is 0.261 e. The lowest BCUT2D eigenvalue weighted by atomic mass is 10.1. The van der Waals surface area contributed by atoms with Gasteiger partial charge < -0.3 is 0 Å². The topological polar surface area (TPSA) is 63.8 Å². The maximum Gasteiger partial charge on any atom is 0.393 e. The Balaban J connectivity index is 1.86. The molecule has 0 radical (unpaired) electrons. The number of guanidine groups is 1. The van der Waals surface area contributed by atoms with E-state index < -0.39 is 12.6 Å². The van der Waals surface area contributed by atoms with Gasteiger partial charge >= 0.3 is 6.18 Å². The standard InChI is InChI=1S/C19H14Cl2F3N5/c20-15-5-4-13(9-16(15)21)17-6-7-29(28-17)18(26-11-25)27-14-3-1-2-12(8-14)10-19(22,23)24/h1-5,8-9H,6-7,10H2,(H,26,27). The lowest BCUT2D eigenvalue weighted by Crippen LogP contribution is -2.34. The van der Waals surface area contributed by atoms with Crippen molar-refractivity contribution in [3.63, 3.8) is 0 Å². The largest absolute Gasteiger partial charge is 0.393 e. The predicted molar refractivity (Wildman–Crippen MR) is 106 cm³/mol. The third-order valence-corrected chi connectivity index (χ3v) is 4.76. The summed E-state index contributed by atoms with van der Waals surface area (Å²) in [4.78, 5) is 4.27. The van der Waals surface area contributed by atoms with E-state index in [2.05, 4.69) is 15.4 Å². The zero-order chi connectivity index (χ0) is 21.0. The van der Waals surface area contributed by atoms with Gasteiger partial charge in [0.25, 0.3) is 0 Å². The molecule has 3 rings (SSSR count). The van der Waals surface area contributed by atoms with Gasteiger partial charge in [0.2, 0.25) is 5.96 Å². The molecule has 0 amide bonds. The molecule has 0 saturated carbocycles. The summed E-state index contributed by atoms with van der Waals surface area (Å²) in [6, 6.07) is 10.9. The number of nitrogens with one attached hydrogen (secondary N) is 1. The van der Waals surface area contributed by atoms with Crippen LogP contribution in [-0.2, 0) is 6.42 Å². The van der Waals surface area contributed by atoms with Crippen LogP contribution in [0.4, 0.5) is 18.9 Å². The van der Waals surface area contributed by atoms with E-state index in [1.54, 1.807) is 30.5 Å². The predicted octanol–water partition coefficient (Wildman–Crippen LogP) is 5.27. The van der Waals surface area contributed by atoms with Crippen molar-refractivity contribution in [1.82, 2.24) is 10.3 Å². The molecule has 5 nitrogen and oxygen atoms in total. The van der Waals surface area contributed by atoms with Crippen LogP contribution in [-0.4, -0.2) is 29.4 Å². The highest BCUT2D eigenvalue weighted by atomic mass is 35.5. The summed E-state index contributed by atoms with van der Waals surface area (Å²) < 4.78 is 37.9. The molecule has 150 valence electrons. The highest BCUT2D eigenvalue weighted by molar-refractivity contribution is 6.42. The Labute approximate surface area is 175 Å². The molecule has 0 atom stereocenters. The second-order valence-electron chi connectivity index (χ2n) is 6.18. The average Bonchev–Trinajstić information content (AvgIpc) is 3.13. The highest BCUT2D eigenvalue weighted by Gasteiger charge is 2.27. The molecule has 1 aliphatic rings. The van der Waals surface area contributed by atoms with E-state index >= 15 is 0 Å². The minimum Gasteiger partial charge on any atom is -0.261 e. The van der Waals surface area contributed by atoms with Crippen LogP contribution >= 0.6 is 23.2 Å². The van der Waals surface area contributed by atoms with Crippen molar-refractivity contribution in [1.29, 1.82) is 5.26 Å². The van der Waals surface area contributed by atoms with Gasteiger partial charge in [-0.3, -0.25) is 5.32 Å². The second-order valence-corrected chi connectivity index (χ2v) is 7.00. The summed E-state index contributed by atoms with van der Waals surface area (Å²) in [5, 5.41) is 18.2. The number of benzene rings is 2. The molecule has 1 heterocycles. The van der Waals surface area contributed by atoms with Gasteiger partial charge in [-0.05, 0) is 35.4 Å². The zero-order valence-corrected chi connectivity index (χ0v) is 16.4. The van der Waals surface area contributed by atoms with Gasteiger partial charge in [-0.25, -0.2) is 10.0 Å². The Kier molecular flexibility index (Phi) is 6.30. The van der Waals surface area contributed by atoms with Crippen molar-refractivity contribution < 1.29 is 13.2 Å². The summed E-state index contributed by atoms with van der Waals surface area (Å²) in [6.45, 7) is 0.436. The number of nitriles is 1. The lowest BCUT2D eigenvalue weighted by Gasteiger charge is -2.14. The van der Waals surface area contributed by atoms with E-state index in [1.165, 1.54) is 23.2 Å². The zero-order valence-electron chi connectivity index (χ0n) is 14.8. The first-order valence-corrected chi connectivity index (χ1v) is 9.21. The van der Waals surface area contributed by atoms with Gasteiger partial charge in [-0.1, -0.05) is 41.4 Å². The van der Waals surface area contributed by atoms with Crippen LogP contribution in [0.25, 0.3) is 0 Å². The Morgan fingerprint density at radius 3 is 2.69 bits per heavy atom. The van der Waals surface area contributed by atoms with Gasteiger partial charge in [-0.15, -0.1) is 0 Å². The SMILES string of the molecule is N#CNC(=Nc1cccc(CC(F)(F)F)c1)N1CCC(c2ccc(Cl)c(Cl)c2)=N1. The quantitative estimate of drug-likeness (QED) is 0.306. The van der Waals surface area contributed by atoms with Crippen LogP contribution in [0.5, 0.6) is 0 Å². The minimum absolute atomic E-state index is 0.0801. The average molecular weight is 440 g/mol. The second kappa shape index (κ2) is 8.72. The molecular weight excluding hydrogens is 426 g/mol. The fourth-order valence-electron chi connectivity index (χ4n) is 2.78. The first-order valence-electron chi connectivity index (χ1n) is 8.45. The van der Waals surface area contributed by atoms with E-state index in [4.69, 9.17) is 28.5 Å². The molecule has 10 heteroatoms.